The number of nitrogens with zero attached hydrogens (tertiary/aromatic N) is 1. The van der Waals surface area contributed by atoms with Gasteiger partial charge in [0, 0.05) is 11.1 Å². The van der Waals surface area contributed by atoms with E-state index >= 15 is 0 Å². The van der Waals surface area contributed by atoms with Gasteiger partial charge in [0.05, 0.1) is 18.0 Å². The second-order valence-corrected chi connectivity index (χ2v) is 4.10. The third-order valence-corrected chi connectivity index (χ3v) is 2.85. The molecular weight excluding hydrogens is 263 g/mol. The first-order chi connectivity index (χ1) is 9.60. The highest BCUT2D eigenvalue weighted by atomic mass is 19.1. The van der Waals surface area contributed by atoms with Crippen molar-refractivity contribution in [2.24, 2.45) is 0 Å². The lowest BCUT2D eigenvalue weighted by molar-refractivity contribution is 0.0526. The molecule has 0 radical (unpaired) electrons. The maximum Gasteiger partial charge on any atom is 0.342 e. The van der Waals surface area contributed by atoms with Crippen LogP contribution in [0.25, 0.3) is 11.3 Å². The second-order valence-electron chi connectivity index (χ2n) is 4.10. The van der Waals surface area contributed by atoms with Gasteiger partial charge in [-0.15, -0.1) is 0 Å². The molecule has 0 saturated carbocycles. The van der Waals surface area contributed by atoms with Crippen LogP contribution >= 0.6 is 0 Å². The van der Waals surface area contributed by atoms with E-state index in [1.54, 1.807) is 13.8 Å². The van der Waals surface area contributed by atoms with E-state index in [0.29, 0.717) is 12.0 Å². The number of carbonyl (C=O) groups excluding carboxylic acids is 2. The lowest BCUT2D eigenvalue weighted by Gasteiger charge is -2.07. The number of carbonyl (C=O) groups is 2. The second kappa shape index (κ2) is 5.64. The van der Waals surface area contributed by atoms with Gasteiger partial charge in [-0.05, 0) is 19.9 Å². The molecule has 5 nitrogen and oxygen atoms in total. The third-order valence-electron chi connectivity index (χ3n) is 2.85. The SMILES string of the molecule is CCOC(=O)c1c(C)n[nH]c1-c1c(F)cccc1C=O. The Morgan fingerprint density at radius 2 is 2.25 bits per heavy atom. The van der Waals surface area contributed by atoms with Gasteiger partial charge >= 0.3 is 5.97 Å². The summed E-state index contributed by atoms with van der Waals surface area (Å²) in [5.74, 6) is -1.21. The zero-order valence-electron chi connectivity index (χ0n) is 11.1. The van der Waals surface area contributed by atoms with Gasteiger partial charge in [0.15, 0.2) is 6.29 Å². The van der Waals surface area contributed by atoms with Crippen molar-refractivity contribution in [1.29, 1.82) is 0 Å². The summed E-state index contributed by atoms with van der Waals surface area (Å²) < 4.78 is 18.9. The molecule has 0 saturated heterocycles. The normalized spacial score (nSPS) is 10.3. The fourth-order valence-electron chi connectivity index (χ4n) is 1.97. The van der Waals surface area contributed by atoms with Gasteiger partial charge in [0.1, 0.15) is 11.4 Å². The zero-order valence-corrected chi connectivity index (χ0v) is 11.1. The molecule has 0 aliphatic rings. The minimum Gasteiger partial charge on any atom is -0.462 e. The number of hydrogen-bond donors (Lipinski definition) is 1. The van der Waals surface area contributed by atoms with Gasteiger partial charge in [-0.2, -0.15) is 5.10 Å². The predicted molar refractivity (Wildman–Crippen MR) is 70.1 cm³/mol. The van der Waals surface area contributed by atoms with Gasteiger partial charge in [0.2, 0.25) is 0 Å². The van der Waals surface area contributed by atoms with E-state index in [-0.39, 0.29) is 29.0 Å². The smallest absolute Gasteiger partial charge is 0.342 e. The summed E-state index contributed by atoms with van der Waals surface area (Å²) in [4.78, 5) is 23.0. The van der Waals surface area contributed by atoms with E-state index in [1.165, 1.54) is 18.2 Å². The van der Waals surface area contributed by atoms with Gasteiger partial charge in [-0.1, -0.05) is 12.1 Å². The number of benzene rings is 1. The Balaban J connectivity index is 2.66. The maximum absolute atomic E-state index is 14.0. The van der Waals surface area contributed by atoms with E-state index in [2.05, 4.69) is 10.2 Å². The van der Waals surface area contributed by atoms with E-state index in [0.717, 1.165) is 0 Å². The Kier molecular flexibility index (Phi) is 3.93. The molecule has 1 aromatic heterocycles. The molecule has 0 aliphatic carbocycles. The molecule has 0 bridgehead atoms. The number of hydrogen-bond acceptors (Lipinski definition) is 4. The highest BCUT2D eigenvalue weighted by Crippen LogP contribution is 2.29. The maximum atomic E-state index is 14.0. The van der Waals surface area contributed by atoms with Crippen molar-refractivity contribution in [3.63, 3.8) is 0 Å². The number of H-pyrrole nitrogens is 1. The number of aromatic amines is 1. The number of esters is 1. The average Bonchev–Trinajstić information content (AvgIpc) is 2.80. The molecule has 1 aromatic carbocycles. The predicted octanol–water partition coefficient (Wildman–Crippen LogP) is 2.51. The van der Waals surface area contributed by atoms with E-state index < -0.39 is 11.8 Å². The minimum absolute atomic E-state index is 0.0196. The first-order valence-electron chi connectivity index (χ1n) is 6.06. The van der Waals surface area contributed by atoms with Crippen molar-refractivity contribution in [1.82, 2.24) is 10.2 Å². The van der Waals surface area contributed by atoms with Crippen LogP contribution in [0.1, 0.15) is 33.3 Å². The first-order valence-corrected chi connectivity index (χ1v) is 6.06. The van der Waals surface area contributed by atoms with Gasteiger partial charge in [-0.3, -0.25) is 9.89 Å². The fourth-order valence-corrected chi connectivity index (χ4v) is 1.97. The quantitative estimate of drug-likeness (QED) is 0.688. The molecule has 6 heteroatoms. The topological polar surface area (TPSA) is 72.0 Å². The lowest BCUT2D eigenvalue weighted by Crippen LogP contribution is -2.07. The Labute approximate surface area is 114 Å². The number of halogens is 1. The summed E-state index contributed by atoms with van der Waals surface area (Å²) in [6, 6.07) is 4.11. The number of aromatic nitrogens is 2. The lowest BCUT2D eigenvalue weighted by atomic mass is 10.0. The van der Waals surface area contributed by atoms with Crippen LogP contribution < -0.4 is 0 Å². The van der Waals surface area contributed by atoms with Crippen LogP contribution in [-0.4, -0.2) is 29.1 Å². The van der Waals surface area contributed by atoms with E-state index in [9.17, 15) is 14.0 Å². The molecule has 0 spiro atoms. The molecule has 1 N–H and O–H groups in total. The number of ether oxygens (including phenoxy) is 1. The fraction of sp³-hybridized carbons (Fsp3) is 0.214. The van der Waals surface area contributed by atoms with Crippen molar-refractivity contribution in [3.05, 3.63) is 40.8 Å². The van der Waals surface area contributed by atoms with Crippen LogP contribution in [-0.2, 0) is 4.74 Å². The summed E-state index contributed by atoms with van der Waals surface area (Å²) in [7, 11) is 0. The van der Waals surface area contributed by atoms with Crippen LogP contribution in [0, 0.1) is 12.7 Å². The van der Waals surface area contributed by atoms with Crippen LogP contribution in [0.4, 0.5) is 4.39 Å². The largest absolute Gasteiger partial charge is 0.462 e. The van der Waals surface area contributed by atoms with Gasteiger partial charge in [-0.25, -0.2) is 9.18 Å². The highest BCUT2D eigenvalue weighted by molar-refractivity contribution is 6.00. The molecule has 2 rings (SSSR count). The van der Waals surface area contributed by atoms with Crippen molar-refractivity contribution in [2.45, 2.75) is 13.8 Å². The van der Waals surface area contributed by atoms with Crippen LogP contribution in [0.2, 0.25) is 0 Å². The summed E-state index contributed by atoms with van der Waals surface area (Å²) in [6.07, 6.45) is 0.531. The van der Waals surface area contributed by atoms with Gasteiger partial charge in [0.25, 0.3) is 0 Å². The number of aldehydes is 1. The van der Waals surface area contributed by atoms with Crippen molar-refractivity contribution >= 4 is 12.3 Å². The summed E-state index contributed by atoms with van der Waals surface area (Å²) in [6.45, 7) is 3.47. The Hall–Kier alpha value is -2.50. The number of aryl methyl sites for hydroxylation is 1. The van der Waals surface area contributed by atoms with Crippen LogP contribution in [0.5, 0.6) is 0 Å². The molecule has 0 amide bonds. The van der Waals surface area contributed by atoms with Crippen molar-refractivity contribution in [2.75, 3.05) is 6.61 Å². The van der Waals surface area contributed by atoms with E-state index in [4.69, 9.17) is 4.74 Å². The average molecular weight is 276 g/mol. The number of rotatable bonds is 4. The number of nitrogens with one attached hydrogen (secondary N) is 1. The minimum atomic E-state index is -0.608. The molecule has 0 unspecified atom stereocenters. The molecule has 2 aromatic rings. The first kappa shape index (κ1) is 13.9. The monoisotopic (exact) mass is 276 g/mol. The Morgan fingerprint density at radius 3 is 2.90 bits per heavy atom. The molecule has 0 aliphatic heterocycles. The van der Waals surface area contributed by atoms with Gasteiger partial charge < -0.3 is 4.74 Å². The van der Waals surface area contributed by atoms with Crippen molar-refractivity contribution in [3.8, 4) is 11.3 Å². The highest BCUT2D eigenvalue weighted by Gasteiger charge is 2.24. The van der Waals surface area contributed by atoms with E-state index in [1.807, 2.05) is 0 Å². The Morgan fingerprint density at radius 1 is 1.50 bits per heavy atom. The summed E-state index contributed by atoms with van der Waals surface area (Å²) in [5.41, 5.74) is 0.838. The molecule has 1 heterocycles. The zero-order chi connectivity index (χ0) is 14.7. The standard InChI is InChI=1S/C14H13FN2O3/c1-3-20-14(19)11-8(2)16-17-13(11)12-9(7-18)5-4-6-10(12)15/h4-7H,3H2,1-2H3,(H,16,17). The van der Waals surface area contributed by atoms with Crippen LogP contribution in [0.15, 0.2) is 18.2 Å². The molecule has 20 heavy (non-hydrogen) atoms. The Bertz CT molecular complexity index is 664. The summed E-state index contributed by atoms with van der Waals surface area (Å²) in [5, 5.41) is 6.50. The van der Waals surface area contributed by atoms with Crippen LogP contribution in [0.3, 0.4) is 0 Å². The summed E-state index contributed by atoms with van der Waals surface area (Å²) >= 11 is 0. The molecule has 0 fully saturated rings. The molecule has 104 valence electrons. The third kappa shape index (κ3) is 2.32. The molecule has 0 atom stereocenters. The van der Waals surface area contributed by atoms with Crippen molar-refractivity contribution < 1.29 is 18.7 Å². The molecular formula is C14H13FN2O3.